The number of carbonyl (C=O) groups excluding carboxylic acids is 3. The Morgan fingerprint density at radius 2 is 1.56 bits per heavy atom. The van der Waals surface area contributed by atoms with E-state index in [-0.39, 0.29) is 70.1 Å². The summed E-state index contributed by atoms with van der Waals surface area (Å²) >= 11 is 0. The third-order valence-corrected chi connectivity index (χ3v) is 19.7. The van der Waals surface area contributed by atoms with Crippen LogP contribution < -0.4 is 19.9 Å². The number of nitrogens with zero attached hydrogens (tertiary/aromatic N) is 13. The van der Waals surface area contributed by atoms with Crippen LogP contribution in [0.15, 0.2) is 72.3 Å². The number of H-pyrrole nitrogens is 1. The minimum atomic E-state index is -3.84. The van der Waals surface area contributed by atoms with E-state index >= 15 is 0 Å². The summed E-state index contributed by atoms with van der Waals surface area (Å²) in [6.45, 7) is 30.2. The van der Waals surface area contributed by atoms with Crippen molar-refractivity contribution in [3.8, 4) is 5.75 Å². The average molecular weight is 1210 g/mol. The second-order valence-corrected chi connectivity index (χ2v) is 29.1. The second kappa shape index (κ2) is 25.0. The molecule has 6 aromatic rings. The van der Waals surface area contributed by atoms with Crippen molar-refractivity contribution in [1.82, 2.24) is 59.6 Å². The number of benzene rings is 2. The minimum Gasteiger partial charge on any atom is -0.492 e. The van der Waals surface area contributed by atoms with Gasteiger partial charge in [0.05, 0.1) is 47.2 Å². The number of aryl methyl sites for hydroxylation is 1. The van der Waals surface area contributed by atoms with Crippen LogP contribution in [0.4, 0.5) is 32.3 Å². The van der Waals surface area contributed by atoms with Crippen molar-refractivity contribution in [3.63, 3.8) is 0 Å². The number of hydrogen-bond donors (Lipinski definition) is 2. The van der Waals surface area contributed by atoms with Gasteiger partial charge in [-0.1, -0.05) is 26.0 Å². The van der Waals surface area contributed by atoms with Crippen molar-refractivity contribution in [3.05, 3.63) is 107 Å². The van der Waals surface area contributed by atoms with Gasteiger partial charge in [0.1, 0.15) is 45.7 Å². The van der Waals surface area contributed by atoms with Crippen LogP contribution in [0.1, 0.15) is 114 Å². The summed E-state index contributed by atoms with van der Waals surface area (Å²) in [5.41, 5.74) is 5.10. The number of carbonyl (C=O) groups is 3. The van der Waals surface area contributed by atoms with E-state index in [2.05, 4.69) is 70.8 Å². The molecule has 0 bridgehead atoms. The van der Waals surface area contributed by atoms with Gasteiger partial charge in [-0.2, -0.15) is 5.10 Å². The third-order valence-electron chi connectivity index (χ3n) is 17.2. The van der Waals surface area contributed by atoms with E-state index in [1.165, 1.54) is 18.5 Å². The SMILES string of the molecule is Cc1[nH]nc(Nc2ncnc3cc(OCCCN4CCN(c5cnc(C(=O)N6CCN(C[C@H]7CN(C(=O)OC(C)(C)C)[C@@H](C)CN7CC(=O)N7CC(C)(C)c8ncc(Cc9ccc(F)cc9)cc87)[C@H](C)C6)cn5)CC4)c(S(=O)(=O)C(C)(C)C)cc23)c1C. The van der Waals surface area contributed by atoms with Crippen LogP contribution in [0.2, 0.25) is 0 Å². The molecule has 2 N–H and O–H groups in total. The summed E-state index contributed by atoms with van der Waals surface area (Å²) in [6.07, 6.45) is 7.34. The smallest absolute Gasteiger partial charge is 0.410 e. The second-order valence-electron chi connectivity index (χ2n) is 26.4. The molecule has 3 atom stereocenters. The maximum absolute atomic E-state index is 14.7. The summed E-state index contributed by atoms with van der Waals surface area (Å²) < 4.78 is 52.9. The van der Waals surface area contributed by atoms with Gasteiger partial charge in [0.15, 0.2) is 15.7 Å². The summed E-state index contributed by atoms with van der Waals surface area (Å²) in [6, 6.07) is 11.3. The Bertz CT molecular complexity index is 3600. The molecule has 2 aromatic carbocycles. The van der Waals surface area contributed by atoms with Crippen LogP contribution >= 0.6 is 0 Å². The number of piperazine rings is 3. The zero-order valence-electron chi connectivity index (χ0n) is 52.4. The minimum absolute atomic E-state index is 0.0451. The maximum atomic E-state index is 14.7. The Balaban J connectivity index is 0.728. The van der Waals surface area contributed by atoms with E-state index in [1.807, 2.05) is 63.6 Å². The lowest BCUT2D eigenvalue weighted by molar-refractivity contribution is -0.121. The Morgan fingerprint density at radius 1 is 0.816 bits per heavy atom. The van der Waals surface area contributed by atoms with Gasteiger partial charge in [0, 0.05) is 131 Å². The zero-order valence-corrected chi connectivity index (χ0v) is 53.2. The molecule has 466 valence electrons. The summed E-state index contributed by atoms with van der Waals surface area (Å²) in [5, 5.41) is 11.1. The fraction of sp³-hybridized carbons (Fsp3) is 0.540. The van der Waals surface area contributed by atoms with Crippen molar-refractivity contribution >= 4 is 61.8 Å². The molecule has 0 spiro atoms. The zero-order chi connectivity index (χ0) is 62.3. The quantitative estimate of drug-likeness (QED) is 0.0890. The van der Waals surface area contributed by atoms with E-state index in [4.69, 9.17) is 19.4 Å². The Morgan fingerprint density at radius 3 is 2.23 bits per heavy atom. The third kappa shape index (κ3) is 14.0. The molecule has 4 aliphatic rings. The number of amides is 3. The number of hydrogen-bond acceptors (Lipinski definition) is 18. The van der Waals surface area contributed by atoms with Crippen molar-refractivity contribution in [2.45, 2.75) is 135 Å². The van der Waals surface area contributed by atoms with E-state index in [9.17, 15) is 27.2 Å². The average Bonchev–Trinajstić information content (AvgIpc) is 1.91. The Hall–Kier alpha value is -7.41. The van der Waals surface area contributed by atoms with E-state index in [0.717, 1.165) is 53.4 Å². The number of rotatable bonds is 16. The fourth-order valence-corrected chi connectivity index (χ4v) is 13.2. The number of sulfone groups is 1. The van der Waals surface area contributed by atoms with Crippen LogP contribution in [-0.4, -0.2) is 206 Å². The first kappa shape index (κ1) is 62.6. The molecule has 8 heterocycles. The predicted molar refractivity (Wildman–Crippen MR) is 332 cm³/mol. The lowest BCUT2D eigenvalue weighted by atomic mass is 9.91. The molecule has 4 aromatic heterocycles. The molecule has 10 rings (SSSR count). The highest BCUT2D eigenvalue weighted by atomic mass is 32.2. The highest BCUT2D eigenvalue weighted by molar-refractivity contribution is 7.92. The molecule has 22 nitrogen and oxygen atoms in total. The van der Waals surface area contributed by atoms with Gasteiger partial charge in [-0.25, -0.2) is 37.5 Å². The molecule has 24 heteroatoms. The highest BCUT2D eigenvalue weighted by Crippen LogP contribution is 2.41. The largest absolute Gasteiger partial charge is 0.492 e. The number of nitrogens with one attached hydrogen (secondary N) is 2. The normalized spacial score (nSPS) is 19.8. The van der Waals surface area contributed by atoms with Gasteiger partial charge in [-0.3, -0.25) is 34.4 Å². The fourth-order valence-electron chi connectivity index (χ4n) is 11.9. The van der Waals surface area contributed by atoms with Crippen LogP contribution in [0.5, 0.6) is 5.75 Å². The van der Waals surface area contributed by atoms with Gasteiger partial charge in [-0.15, -0.1) is 0 Å². The van der Waals surface area contributed by atoms with Crippen LogP contribution in [0.3, 0.4) is 0 Å². The molecule has 0 unspecified atom stereocenters. The first-order valence-corrected chi connectivity index (χ1v) is 31.7. The lowest BCUT2D eigenvalue weighted by Gasteiger charge is -2.48. The van der Waals surface area contributed by atoms with Crippen LogP contribution in [-0.2, 0) is 31.2 Å². The Labute approximate surface area is 510 Å². The van der Waals surface area contributed by atoms with E-state index < -0.39 is 20.2 Å². The number of aromatic nitrogens is 7. The van der Waals surface area contributed by atoms with Crippen LogP contribution in [0, 0.1) is 19.7 Å². The van der Waals surface area contributed by atoms with E-state index in [0.29, 0.717) is 107 Å². The van der Waals surface area contributed by atoms with Crippen molar-refractivity contribution in [1.29, 1.82) is 0 Å². The topological polar surface area (TPSA) is 232 Å². The molecule has 0 saturated carbocycles. The number of anilines is 4. The monoisotopic (exact) mass is 1210 g/mol. The van der Waals surface area contributed by atoms with Gasteiger partial charge in [0.25, 0.3) is 5.91 Å². The number of aromatic amines is 1. The lowest BCUT2D eigenvalue weighted by Crippen LogP contribution is -2.65. The van der Waals surface area contributed by atoms with Gasteiger partial charge >= 0.3 is 6.09 Å². The van der Waals surface area contributed by atoms with Crippen molar-refractivity contribution in [2.75, 3.05) is 107 Å². The first-order valence-electron chi connectivity index (χ1n) is 30.2. The highest BCUT2D eigenvalue weighted by Gasteiger charge is 2.44. The molecule has 0 aliphatic carbocycles. The molecular formula is C63H84FN15O7S. The molecule has 87 heavy (non-hydrogen) atoms. The Kier molecular flexibility index (Phi) is 18.0. The molecule has 3 fully saturated rings. The van der Waals surface area contributed by atoms with Crippen molar-refractivity contribution < 1.29 is 36.7 Å². The molecule has 3 amide bonds. The molecule has 0 radical (unpaired) electrons. The van der Waals surface area contributed by atoms with Gasteiger partial charge in [-0.05, 0) is 117 Å². The number of halogens is 1. The summed E-state index contributed by atoms with van der Waals surface area (Å²) in [7, 11) is -3.84. The predicted octanol–water partition coefficient (Wildman–Crippen LogP) is 7.57. The maximum Gasteiger partial charge on any atom is 0.410 e. The van der Waals surface area contributed by atoms with Gasteiger partial charge < -0.3 is 34.4 Å². The summed E-state index contributed by atoms with van der Waals surface area (Å²) in [4.78, 5) is 80.2. The molecular weight excluding hydrogens is 1130 g/mol. The molecule has 3 saturated heterocycles. The number of pyridine rings is 1. The standard InChI is InChI=1S/C63H84FN15O7S/c1-40-33-76(24-23-75(40)35-47-36-78(60(82)86-61(5,6)7)41(2)34-77(47)37-55(80)79-38-63(11,12)56-51(79)27-45(30-67-56)26-44-14-16-46(64)17-15-44)59(81)50-31-66-54(32-65-50)74-21-19-73(20-22-74)18-13-25-85-52-29-49-48(28-53(52)87(83,84)62(8,9)10)58(69-39-68-49)70-57-42(3)43(4)71-72-57/h14-17,27-32,39-41,47H,13,18-26,33-38H2,1-12H3,(H2,68,69,70,71,72)/t40-,41+,47+/m1/s1. The molecule has 4 aliphatic heterocycles. The summed E-state index contributed by atoms with van der Waals surface area (Å²) in [5.74, 6) is 1.44. The van der Waals surface area contributed by atoms with E-state index in [1.54, 1.807) is 62.3 Å². The van der Waals surface area contributed by atoms with Crippen LogP contribution in [0.25, 0.3) is 10.9 Å². The van der Waals surface area contributed by atoms with Gasteiger partial charge in [0.2, 0.25) is 5.91 Å². The first-order chi connectivity index (χ1) is 41.1. The van der Waals surface area contributed by atoms with Crippen molar-refractivity contribution in [2.24, 2.45) is 0 Å². The number of ether oxygens (including phenoxy) is 2. The number of fused-ring (bicyclic) bond motifs is 2.